The third-order valence-electron chi connectivity index (χ3n) is 1.72. The third-order valence-corrected chi connectivity index (χ3v) is 1.72. The highest BCUT2D eigenvalue weighted by Gasteiger charge is 2.04. The summed E-state index contributed by atoms with van der Waals surface area (Å²) in [6.45, 7) is 5.19. The first-order chi connectivity index (χ1) is 7.26. The minimum Gasteiger partial charge on any atom is -0.380 e. The van der Waals surface area contributed by atoms with E-state index in [1.807, 2.05) is 19.9 Å². The van der Waals surface area contributed by atoms with Crippen LogP contribution in [0.1, 0.15) is 19.5 Å². The molecule has 0 aliphatic carbocycles. The Hall–Kier alpha value is -1.67. The van der Waals surface area contributed by atoms with Crippen LogP contribution in [0.3, 0.4) is 0 Å². The third kappa shape index (κ3) is 3.92. The predicted octanol–water partition coefficient (Wildman–Crippen LogP) is 1.19. The van der Waals surface area contributed by atoms with E-state index in [0.717, 1.165) is 0 Å². The zero-order chi connectivity index (χ0) is 11.1. The molecule has 15 heavy (non-hydrogen) atoms. The van der Waals surface area contributed by atoms with Gasteiger partial charge in [-0.15, -0.1) is 0 Å². The van der Waals surface area contributed by atoms with Gasteiger partial charge in [-0.1, -0.05) is 0 Å². The van der Waals surface area contributed by atoms with Gasteiger partial charge in [0.1, 0.15) is 11.8 Å². The van der Waals surface area contributed by atoms with Crippen molar-refractivity contribution in [3.63, 3.8) is 0 Å². The van der Waals surface area contributed by atoms with E-state index in [0.29, 0.717) is 24.9 Å². The molecule has 0 saturated heterocycles. The zero-order valence-corrected chi connectivity index (χ0v) is 8.90. The van der Waals surface area contributed by atoms with Gasteiger partial charge in [0.15, 0.2) is 0 Å². The summed E-state index contributed by atoms with van der Waals surface area (Å²) in [5.74, 6) is 0.459. The van der Waals surface area contributed by atoms with Crippen LogP contribution in [0.4, 0.5) is 5.95 Å². The van der Waals surface area contributed by atoms with Gasteiger partial charge in [-0.25, -0.2) is 9.97 Å². The van der Waals surface area contributed by atoms with E-state index in [1.54, 1.807) is 12.3 Å². The average molecular weight is 206 g/mol. The molecule has 1 aromatic rings. The van der Waals surface area contributed by atoms with Crippen molar-refractivity contribution in [2.75, 3.05) is 18.5 Å². The molecule has 1 atom stereocenters. The smallest absolute Gasteiger partial charge is 0.224 e. The van der Waals surface area contributed by atoms with E-state index in [1.165, 1.54) is 0 Å². The van der Waals surface area contributed by atoms with Crippen LogP contribution in [-0.4, -0.2) is 29.2 Å². The van der Waals surface area contributed by atoms with Gasteiger partial charge in [-0.2, -0.15) is 5.26 Å². The molecule has 0 bridgehead atoms. The first kappa shape index (κ1) is 11.4. The van der Waals surface area contributed by atoms with E-state index in [2.05, 4.69) is 15.3 Å². The summed E-state index contributed by atoms with van der Waals surface area (Å²) in [7, 11) is 0. The molecular formula is C10H14N4O. The van der Waals surface area contributed by atoms with Gasteiger partial charge in [-0.05, 0) is 19.9 Å². The minimum atomic E-state index is 0.124. The van der Waals surface area contributed by atoms with Crippen LogP contribution in [0.2, 0.25) is 0 Å². The second-order valence-corrected chi connectivity index (χ2v) is 3.08. The van der Waals surface area contributed by atoms with Gasteiger partial charge in [0.2, 0.25) is 5.95 Å². The number of hydrogen-bond acceptors (Lipinski definition) is 5. The van der Waals surface area contributed by atoms with Crippen LogP contribution in [-0.2, 0) is 4.74 Å². The second-order valence-electron chi connectivity index (χ2n) is 3.08. The Labute approximate surface area is 89.1 Å². The van der Waals surface area contributed by atoms with Crippen molar-refractivity contribution in [2.24, 2.45) is 0 Å². The lowest BCUT2D eigenvalue weighted by Crippen LogP contribution is -2.23. The summed E-state index contributed by atoms with van der Waals surface area (Å²) in [6, 6.07) is 3.65. The molecular weight excluding hydrogens is 192 g/mol. The quantitative estimate of drug-likeness (QED) is 0.783. The van der Waals surface area contributed by atoms with Gasteiger partial charge < -0.3 is 10.1 Å². The molecule has 80 valence electrons. The molecule has 0 fully saturated rings. The lowest BCUT2D eigenvalue weighted by molar-refractivity contribution is 0.141. The number of nitriles is 1. The monoisotopic (exact) mass is 206 g/mol. The SMILES string of the molecule is CCOCC(C)Nc1nccc(C#N)n1. The first-order valence-electron chi connectivity index (χ1n) is 4.83. The fraction of sp³-hybridized carbons (Fsp3) is 0.500. The molecule has 1 aromatic heterocycles. The normalized spacial score (nSPS) is 11.8. The standard InChI is InChI=1S/C10H14N4O/c1-3-15-7-8(2)13-10-12-5-4-9(6-11)14-10/h4-5,8H,3,7H2,1-2H3,(H,12,13,14). The molecule has 0 amide bonds. The topological polar surface area (TPSA) is 70.8 Å². The highest BCUT2D eigenvalue weighted by molar-refractivity contribution is 5.30. The van der Waals surface area contributed by atoms with Crippen LogP contribution < -0.4 is 5.32 Å². The molecule has 0 aliphatic heterocycles. The second kappa shape index (κ2) is 5.94. The number of rotatable bonds is 5. The lowest BCUT2D eigenvalue weighted by Gasteiger charge is -2.12. The number of aromatic nitrogens is 2. The number of ether oxygens (including phenoxy) is 1. The molecule has 0 spiro atoms. The molecule has 0 radical (unpaired) electrons. The largest absolute Gasteiger partial charge is 0.380 e. The summed E-state index contributed by atoms with van der Waals surface area (Å²) in [5.41, 5.74) is 0.358. The summed E-state index contributed by atoms with van der Waals surface area (Å²) in [4.78, 5) is 8.01. The van der Waals surface area contributed by atoms with Crippen LogP contribution >= 0.6 is 0 Å². The van der Waals surface area contributed by atoms with Gasteiger partial charge in [-0.3, -0.25) is 0 Å². The Bertz CT molecular complexity index is 348. The van der Waals surface area contributed by atoms with Crippen LogP contribution in [0.5, 0.6) is 0 Å². The Morgan fingerprint density at radius 1 is 1.67 bits per heavy atom. The molecule has 5 heteroatoms. The van der Waals surface area contributed by atoms with Crippen LogP contribution in [0.15, 0.2) is 12.3 Å². The molecule has 0 aliphatic rings. The Morgan fingerprint density at radius 3 is 3.13 bits per heavy atom. The minimum absolute atomic E-state index is 0.124. The van der Waals surface area contributed by atoms with Crippen molar-refractivity contribution in [2.45, 2.75) is 19.9 Å². The van der Waals surface area contributed by atoms with E-state index in [4.69, 9.17) is 10.00 Å². The average Bonchev–Trinajstić information content (AvgIpc) is 2.26. The maximum atomic E-state index is 8.64. The zero-order valence-electron chi connectivity index (χ0n) is 8.90. The first-order valence-corrected chi connectivity index (χ1v) is 4.83. The number of hydrogen-bond donors (Lipinski definition) is 1. The molecule has 0 aromatic carbocycles. The summed E-state index contributed by atoms with van der Waals surface area (Å²) in [5, 5.41) is 11.7. The van der Waals surface area contributed by atoms with E-state index in [9.17, 15) is 0 Å². The highest BCUT2D eigenvalue weighted by atomic mass is 16.5. The maximum absolute atomic E-state index is 8.64. The lowest BCUT2D eigenvalue weighted by atomic mass is 10.4. The summed E-state index contributed by atoms with van der Waals surface area (Å²) >= 11 is 0. The Balaban J connectivity index is 2.53. The van der Waals surface area contributed by atoms with Gasteiger partial charge in [0.05, 0.1) is 6.61 Å². The van der Waals surface area contributed by atoms with Crippen molar-refractivity contribution in [3.8, 4) is 6.07 Å². The molecule has 1 N–H and O–H groups in total. The van der Waals surface area contributed by atoms with Crippen molar-refractivity contribution in [1.29, 1.82) is 5.26 Å². The van der Waals surface area contributed by atoms with Crippen LogP contribution in [0, 0.1) is 11.3 Å². The summed E-state index contributed by atoms with van der Waals surface area (Å²) in [6.07, 6.45) is 1.56. The van der Waals surface area contributed by atoms with Crippen molar-refractivity contribution >= 4 is 5.95 Å². The fourth-order valence-corrected chi connectivity index (χ4v) is 1.05. The fourth-order valence-electron chi connectivity index (χ4n) is 1.05. The molecule has 0 saturated carbocycles. The summed E-state index contributed by atoms with van der Waals surface area (Å²) < 4.78 is 5.24. The van der Waals surface area contributed by atoms with E-state index < -0.39 is 0 Å². The predicted molar refractivity (Wildman–Crippen MR) is 56.3 cm³/mol. The van der Waals surface area contributed by atoms with Gasteiger partial charge in [0.25, 0.3) is 0 Å². The van der Waals surface area contributed by atoms with Crippen LogP contribution in [0.25, 0.3) is 0 Å². The molecule has 1 unspecified atom stereocenters. The van der Waals surface area contributed by atoms with Gasteiger partial charge >= 0.3 is 0 Å². The maximum Gasteiger partial charge on any atom is 0.224 e. The molecule has 5 nitrogen and oxygen atoms in total. The Morgan fingerprint density at radius 2 is 2.47 bits per heavy atom. The number of nitrogens with zero attached hydrogens (tertiary/aromatic N) is 3. The van der Waals surface area contributed by atoms with Crippen molar-refractivity contribution < 1.29 is 4.74 Å². The van der Waals surface area contributed by atoms with Gasteiger partial charge in [0, 0.05) is 18.8 Å². The number of anilines is 1. The van der Waals surface area contributed by atoms with E-state index in [-0.39, 0.29) is 6.04 Å². The highest BCUT2D eigenvalue weighted by Crippen LogP contribution is 2.01. The number of nitrogens with one attached hydrogen (secondary N) is 1. The van der Waals surface area contributed by atoms with E-state index >= 15 is 0 Å². The van der Waals surface area contributed by atoms with Crippen molar-refractivity contribution in [3.05, 3.63) is 18.0 Å². The molecule has 1 heterocycles. The Kier molecular flexibility index (Phi) is 4.51. The molecule has 1 rings (SSSR count). The van der Waals surface area contributed by atoms with Crippen molar-refractivity contribution in [1.82, 2.24) is 9.97 Å².